The second-order valence-corrected chi connectivity index (χ2v) is 9.25. The molecule has 41 heavy (non-hydrogen) atoms. The molecule has 9 heteroatoms. The summed E-state index contributed by atoms with van der Waals surface area (Å²) in [6.45, 7) is 3.49. The maximum Gasteiger partial charge on any atom is 0.285 e. The quantitative estimate of drug-likeness (QED) is 0.252. The second kappa shape index (κ2) is 12.3. The van der Waals surface area contributed by atoms with Gasteiger partial charge in [-0.2, -0.15) is 0 Å². The number of nitrogens with zero attached hydrogens (tertiary/aromatic N) is 1. The summed E-state index contributed by atoms with van der Waals surface area (Å²) in [6.07, 6.45) is -0.855. The zero-order valence-electron chi connectivity index (χ0n) is 22.6. The van der Waals surface area contributed by atoms with Crippen LogP contribution < -0.4 is 25.0 Å². The highest BCUT2D eigenvalue weighted by Gasteiger charge is 2.51. The summed E-state index contributed by atoms with van der Waals surface area (Å²) in [5, 5.41) is 3.94. The van der Waals surface area contributed by atoms with Gasteiger partial charge in [-0.3, -0.25) is 19.8 Å². The zero-order valence-corrected chi connectivity index (χ0v) is 22.6. The van der Waals surface area contributed by atoms with Gasteiger partial charge in [0.15, 0.2) is 0 Å². The summed E-state index contributed by atoms with van der Waals surface area (Å²) in [5.74, 6) is 0.963. The molecule has 208 valence electrons. The molecule has 4 aromatic rings. The predicted molar refractivity (Wildman–Crippen MR) is 153 cm³/mol. The monoisotopic (exact) mass is 551 g/mol. The van der Waals surface area contributed by atoms with E-state index < -0.39 is 24.0 Å². The Bertz CT molecular complexity index is 1530. The topological polar surface area (TPSA) is 106 Å². The van der Waals surface area contributed by atoms with Crippen molar-refractivity contribution in [1.82, 2.24) is 10.4 Å². The van der Waals surface area contributed by atoms with Crippen molar-refractivity contribution in [3.63, 3.8) is 0 Å². The van der Waals surface area contributed by atoms with E-state index in [2.05, 4.69) is 10.7 Å². The number of nitrogens with one attached hydrogen (secondary N) is 2. The van der Waals surface area contributed by atoms with E-state index in [1.807, 2.05) is 60.7 Å². The van der Waals surface area contributed by atoms with Crippen molar-refractivity contribution < 1.29 is 28.6 Å². The largest absolute Gasteiger partial charge is 0.493 e. The fourth-order valence-corrected chi connectivity index (χ4v) is 4.46. The molecule has 2 atom stereocenters. The van der Waals surface area contributed by atoms with Gasteiger partial charge >= 0.3 is 0 Å². The summed E-state index contributed by atoms with van der Waals surface area (Å²) < 4.78 is 17.6. The Morgan fingerprint density at radius 2 is 1.46 bits per heavy atom. The molecule has 3 amide bonds. The number of benzene rings is 4. The van der Waals surface area contributed by atoms with Crippen molar-refractivity contribution in [2.24, 2.45) is 0 Å². The molecule has 0 saturated carbocycles. The number of rotatable bonds is 10. The molecule has 5 rings (SSSR count). The van der Waals surface area contributed by atoms with Crippen molar-refractivity contribution >= 4 is 23.4 Å². The van der Waals surface area contributed by atoms with Crippen molar-refractivity contribution in [2.45, 2.75) is 26.0 Å². The lowest BCUT2D eigenvalue weighted by Gasteiger charge is -2.46. The van der Waals surface area contributed by atoms with Crippen LogP contribution in [0.4, 0.5) is 5.69 Å². The van der Waals surface area contributed by atoms with Crippen LogP contribution in [0.3, 0.4) is 0 Å². The maximum absolute atomic E-state index is 13.4. The fraction of sp³-hybridized carbons (Fsp3) is 0.156. The Morgan fingerprint density at radius 3 is 2.10 bits per heavy atom. The van der Waals surface area contributed by atoms with E-state index >= 15 is 0 Å². The number of ether oxygens (including phenoxy) is 3. The summed E-state index contributed by atoms with van der Waals surface area (Å²) in [6, 6.07) is 29.8. The molecule has 1 saturated heterocycles. The molecule has 0 spiro atoms. The van der Waals surface area contributed by atoms with E-state index in [9.17, 15) is 14.4 Å². The fourth-order valence-electron chi connectivity index (χ4n) is 4.46. The number of anilines is 1. The van der Waals surface area contributed by atoms with Gasteiger partial charge in [-0.15, -0.1) is 0 Å². The van der Waals surface area contributed by atoms with Gasteiger partial charge in [0.25, 0.3) is 11.8 Å². The first-order valence-electron chi connectivity index (χ1n) is 13.2. The number of carbonyl (C=O) groups is 3. The maximum atomic E-state index is 13.4. The number of hydrogen-bond acceptors (Lipinski definition) is 6. The van der Waals surface area contributed by atoms with Gasteiger partial charge in [0.05, 0.1) is 12.2 Å². The third-order valence-electron chi connectivity index (χ3n) is 6.32. The van der Waals surface area contributed by atoms with Gasteiger partial charge in [0.2, 0.25) is 12.0 Å². The zero-order chi connectivity index (χ0) is 28.8. The molecule has 0 aromatic heterocycles. The molecule has 0 aliphatic carbocycles. The Balaban J connectivity index is 1.39. The molecule has 4 aromatic carbocycles. The standard InChI is InChI=1S/C32H29N3O6/c1-3-39-28-20-23(33-21(2)36)16-19-27(28)31(37)34-35-29(30(32(35)38)41-25-12-8-5-9-13-25)22-14-17-26(18-15-22)40-24-10-6-4-7-11-24/h4-20,29-30H,3H2,1-2H3,(H,33,36)(H,34,37)/t29-,30+/m1/s1. The first-order valence-corrected chi connectivity index (χ1v) is 13.2. The number of carbonyl (C=O) groups excluding carboxylic acids is 3. The van der Waals surface area contributed by atoms with Crippen LogP contribution in [0.2, 0.25) is 0 Å². The van der Waals surface area contributed by atoms with Crippen molar-refractivity contribution in [3.05, 3.63) is 114 Å². The minimum Gasteiger partial charge on any atom is -0.493 e. The first-order chi connectivity index (χ1) is 19.9. The molecule has 2 N–H and O–H groups in total. The molecule has 0 unspecified atom stereocenters. The number of hydrogen-bond donors (Lipinski definition) is 2. The first kappa shape index (κ1) is 27.3. The van der Waals surface area contributed by atoms with Gasteiger partial charge < -0.3 is 19.5 Å². The van der Waals surface area contributed by atoms with Crippen molar-refractivity contribution in [3.8, 4) is 23.0 Å². The molecule has 1 fully saturated rings. The second-order valence-electron chi connectivity index (χ2n) is 9.25. The van der Waals surface area contributed by atoms with Crippen LogP contribution in [-0.2, 0) is 9.59 Å². The highest BCUT2D eigenvalue weighted by Crippen LogP contribution is 2.38. The SMILES string of the molecule is CCOc1cc(NC(C)=O)ccc1C(=O)NN1C(=O)[C@@H](Oc2ccccc2)[C@H]1c1ccc(Oc2ccccc2)cc1. The molecule has 9 nitrogen and oxygen atoms in total. The van der Waals surface area contributed by atoms with Crippen LogP contribution >= 0.6 is 0 Å². The molecular formula is C32H29N3O6. The Hall–Kier alpha value is -5.31. The van der Waals surface area contributed by atoms with E-state index in [0.717, 1.165) is 5.56 Å². The van der Waals surface area contributed by atoms with Crippen molar-refractivity contribution in [2.75, 3.05) is 11.9 Å². The Kier molecular flexibility index (Phi) is 8.15. The van der Waals surface area contributed by atoms with E-state index in [-0.39, 0.29) is 17.2 Å². The highest BCUT2D eigenvalue weighted by atomic mass is 16.5. The lowest BCUT2D eigenvalue weighted by molar-refractivity contribution is -0.169. The van der Waals surface area contributed by atoms with E-state index in [4.69, 9.17) is 14.2 Å². The van der Waals surface area contributed by atoms with Gasteiger partial charge in [0, 0.05) is 18.7 Å². The average Bonchev–Trinajstić information content (AvgIpc) is 2.98. The van der Waals surface area contributed by atoms with Gasteiger partial charge in [-0.25, -0.2) is 5.01 Å². The van der Waals surface area contributed by atoms with Crippen LogP contribution in [0, 0.1) is 0 Å². The van der Waals surface area contributed by atoms with Crippen molar-refractivity contribution in [1.29, 1.82) is 0 Å². The minimum atomic E-state index is -0.855. The lowest BCUT2D eigenvalue weighted by atomic mass is 9.92. The van der Waals surface area contributed by atoms with Gasteiger partial charge in [0.1, 0.15) is 29.0 Å². The van der Waals surface area contributed by atoms with Crippen LogP contribution in [-0.4, -0.2) is 35.4 Å². The molecule has 0 radical (unpaired) electrons. The summed E-state index contributed by atoms with van der Waals surface area (Å²) in [7, 11) is 0. The highest BCUT2D eigenvalue weighted by molar-refractivity contribution is 6.00. The average molecular weight is 552 g/mol. The number of para-hydroxylation sites is 2. The van der Waals surface area contributed by atoms with E-state index in [1.165, 1.54) is 11.9 Å². The third kappa shape index (κ3) is 6.30. The smallest absolute Gasteiger partial charge is 0.285 e. The molecule has 1 aliphatic rings. The Morgan fingerprint density at radius 1 is 0.829 bits per heavy atom. The van der Waals surface area contributed by atoms with E-state index in [0.29, 0.717) is 29.5 Å². The van der Waals surface area contributed by atoms with Crippen LogP contribution in [0.25, 0.3) is 0 Å². The van der Waals surface area contributed by atoms with Crippen LogP contribution in [0.5, 0.6) is 23.0 Å². The number of hydrazine groups is 1. The minimum absolute atomic E-state index is 0.214. The van der Waals surface area contributed by atoms with Gasteiger partial charge in [-0.1, -0.05) is 48.5 Å². The third-order valence-corrected chi connectivity index (χ3v) is 6.32. The molecular weight excluding hydrogens is 522 g/mol. The van der Waals surface area contributed by atoms with Crippen LogP contribution in [0.15, 0.2) is 103 Å². The van der Waals surface area contributed by atoms with E-state index in [1.54, 1.807) is 49.4 Å². The molecule has 0 bridgehead atoms. The predicted octanol–water partition coefficient (Wildman–Crippen LogP) is 5.51. The lowest BCUT2D eigenvalue weighted by Crippen LogP contribution is -2.67. The normalized spacial score (nSPS) is 15.9. The number of amides is 3. The summed E-state index contributed by atoms with van der Waals surface area (Å²) >= 11 is 0. The molecule has 1 aliphatic heterocycles. The number of β-lactam (4-membered cyclic amide) rings is 1. The Labute approximate surface area is 237 Å². The molecule has 1 heterocycles. The summed E-state index contributed by atoms with van der Waals surface area (Å²) in [5.41, 5.74) is 4.18. The van der Waals surface area contributed by atoms with Crippen LogP contribution in [0.1, 0.15) is 35.8 Å². The summed E-state index contributed by atoms with van der Waals surface area (Å²) in [4.78, 5) is 38.2. The van der Waals surface area contributed by atoms with Gasteiger partial charge in [-0.05, 0) is 61.0 Å².